The summed E-state index contributed by atoms with van der Waals surface area (Å²) >= 11 is 0. The molecule has 0 unspecified atom stereocenters. The Labute approximate surface area is 153 Å². The molecule has 0 bridgehead atoms. The Bertz CT molecular complexity index is 1010. The number of aromatic hydroxyl groups is 2. The first kappa shape index (κ1) is 16.9. The number of hydrogen-bond donors (Lipinski definition) is 4. The maximum absolute atomic E-state index is 12.5. The average molecular weight is 365 g/mol. The van der Waals surface area contributed by atoms with Crippen molar-refractivity contribution in [3.8, 4) is 23.0 Å². The van der Waals surface area contributed by atoms with Crippen LogP contribution in [0.1, 0.15) is 27.0 Å². The highest BCUT2D eigenvalue weighted by atomic mass is 16.6. The van der Waals surface area contributed by atoms with Crippen LogP contribution >= 0.6 is 0 Å². The largest absolute Gasteiger partial charge is 0.508 e. The van der Waals surface area contributed by atoms with Gasteiger partial charge in [-0.05, 0) is 30.3 Å². The number of rotatable bonds is 0. The Morgan fingerprint density at radius 1 is 0.778 bits per heavy atom. The molecule has 136 valence electrons. The van der Waals surface area contributed by atoms with Gasteiger partial charge in [-0.25, -0.2) is 10.7 Å². The van der Waals surface area contributed by atoms with Crippen LogP contribution in [0.3, 0.4) is 0 Å². The molecule has 5 rings (SSSR count). The van der Waals surface area contributed by atoms with Crippen molar-refractivity contribution in [2.45, 2.75) is 5.60 Å². The van der Waals surface area contributed by atoms with Gasteiger partial charge in [0, 0.05) is 28.8 Å². The van der Waals surface area contributed by atoms with E-state index in [4.69, 9.17) is 14.7 Å². The van der Waals surface area contributed by atoms with E-state index in [2.05, 4.69) is 5.90 Å². The Morgan fingerprint density at radius 2 is 1.33 bits per heavy atom. The number of carbonyl (C=O) groups is 1. The van der Waals surface area contributed by atoms with Crippen LogP contribution in [0, 0.1) is 0 Å². The van der Waals surface area contributed by atoms with Crippen LogP contribution in [0.25, 0.3) is 0 Å². The lowest BCUT2D eigenvalue weighted by atomic mass is 9.77. The molecule has 7 heteroatoms. The number of esters is 1. The Morgan fingerprint density at radius 3 is 1.93 bits per heavy atom. The molecule has 2 heterocycles. The van der Waals surface area contributed by atoms with E-state index in [1.165, 1.54) is 24.3 Å². The predicted molar refractivity (Wildman–Crippen MR) is 94.0 cm³/mol. The summed E-state index contributed by atoms with van der Waals surface area (Å²) in [5.41, 5.74) is 1.28. The van der Waals surface area contributed by atoms with Gasteiger partial charge in [-0.15, -0.1) is 0 Å². The highest BCUT2D eigenvalue weighted by Gasteiger charge is 2.53. The summed E-state index contributed by atoms with van der Waals surface area (Å²) in [5.74, 6) is 3.91. The third kappa shape index (κ3) is 2.26. The lowest BCUT2D eigenvalue weighted by molar-refractivity contribution is 0.0224. The van der Waals surface area contributed by atoms with Crippen LogP contribution in [-0.2, 0) is 10.3 Å². The first-order valence-electron chi connectivity index (χ1n) is 8.03. The van der Waals surface area contributed by atoms with Crippen LogP contribution in [0.2, 0.25) is 0 Å². The molecular formula is C20H15NO6. The molecule has 2 aliphatic rings. The van der Waals surface area contributed by atoms with Crippen LogP contribution in [0.4, 0.5) is 0 Å². The first-order valence-corrected chi connectivity index (χ1v) is 8.03. The van der Waals surface area contributed by atoms with E-state index in [0.717, 1.165) is 0 Å². The maximum atomic E-state index is 12.5. The summed E-state index contributed by atoms with van der Waals surface area (Å²) in [7, 11) is 0. The third-order valence-corrected chi connectivity index (χ3v) is 4.68. The van der Waals surface area contributed by atoms with E-state index in [9.17, 15) is 15.0 Å². The van der Waals surface area contributed by atoms with Crippen molar-refractivity contribution >= 4 is 5.97 Å². The second kappa shape index (κ2) is 6.01. The highest BCUT2D eigenvalue weighted by Crippen LogP contribution is 2.56. The Kier molecular flexibility index (Phi) is 3.76. The molecular weight excluding hydrogens is 350 g/mol. The SMILES string of the molecule is NO.O=C1OC2(c3ccc(O)cc3Oc3cc(O)ccc32)c2ccccc21. The summed E-state index contributed by atoms with van der Waals surface area (Å²) in [6, 6.07) is 16.6. The maximum Gasteiger partial charge on any atom is 0.340 e. The molecule has 0 radical (unpaired) electrons. The Balaban J connectivity index is 0.000000872. The standard InChI is InChI=1S/C20H12O5.H3NO/c21-11-5-7-15-17(9-11)24-18-10-12(22)6-8-16(18)20(15)14-4-2-1-3-13(14)19(23)25-20;1-2/h1-10,21-22H;2H,1H2. The molecule has 5 N–H and O–H groups in total. The molecule has 0 amide bonds. The van der Waals surface area contributed by atoms with Crippen molar-refractivity contribution in [1.29, 1.82) is 0 Å². The average Bonchev–Trinajstić information content (AvgIpc) is 2.97. The third-order valence-electron chi connectivity index (χ3n) is 4.68. The van der Waals surface area contributed by atoms with Gasteiger partial charge >= 0.3 is 5.97 Å². The molecule has 0 atom stereocenters. The van der Waals surface area contributed by atoms with Crippen molar-refractivity contribution < 1.29 is 29.7 Å². The zero-order valence-corrected chi connectivity index (χ0v) is 13.9. The zero-order valence-electron chi connectivity index (χ0n) is 13.9. The van der Waals surface area contributed by atoms with Gasteiger partial charge in [0.25, 0.3) is 0 Å². The number of nitrogens with two attached hydrogens (primary N) is 1. The molecule has 2 aliphatic heterocycles. The van der Waals surface area contributed by atoms with E-state index in [-0.39, 0.29) is 11.5 Å². The molecule has 27 heavy (non-hydrogen) atoms. The number of hydrogen-bond acceptors (Lipinski definition) is 7. The quantitative estimate of drug-likeness (QED) is 0.357. The number of phenolic OH excluding ortho intramolecular Hbond substituents is 2. The molecule has 1 spiro atoms. The predicted octanol–water partition coefficient (Wildman–Crippen LogP) is 3.00. The lowest BCUT2D eigenvalue weighted by Crippen LogP contribution is -2.32. The van der Waals surface area contributed by atoms with Gasteiger partial charge in [0.1, 0.15) is 23.0 Å². The minimum absolute atomic E-state index is 0.0371. The molecule has 0 aromatic heterocycles. The van der Waals surface area contributed by atoms with Crippen molar-refractivity contribution in [3.63, 3.8) is 0 Å². The number of benzene rings is 3. The van der Waals surface area contributed by atoms with Crippen molar-refractivity contribution in [2.24, 2.45) is 5.90 Å². The molecule has 7 nitrogen and oxygen atoms in total. The molecule has 3 aromatic carbocycles. The lowest BCUT2D eigenvalue weighted by Gasteiger charge is -2.36. The molecule has 3 aromatic rings. The van der Waals surface area contributed by atoms with Gasteiger partial charge in [-0.1, -0.05) is 18.2 Å². The van der Waals surface area contributed by atoms with Crippen LogP contribution in [0.15, 0.2) is 60.7 Å². The second-order valence-electron chi connectivity index (χ2n) is 6.08. The molecule has 0 aliphatic carbocycles. The van der Waals surface area contributed by atoms with Gasteiger partial charge in [-0.3, -0.25) is 0 Å². The van der Waals surface area contributed by atoms with Gasteiger partial charge in [0.05, 0.1) is 5.56 Å². The summed E-state index contributed by atoms with van der Waals surface area (Å²) in [4.78, 5) is 12.5. The van der Waals surface area contributed by atoms with Gasteiger partial charge in [0.2, 0.25) is 0 Å². The molecule has 0 fully saturated rings. The Hall–Kier alpha value is -3.55. The fraction of sp³-hybridized carbons (Fsp3) is 0.0500. The van der Waals surface area contributed by atoms with Crippen molar-refractivity contribution in [3.05, 3.63) is 82.9 Å². The van der Waals surface area contributed by atoms with E-state index in [0.29, 0.717) is 33.8 Å². The second-order valence-corrected chi connectivity index (χ2v) is 6.08. The van der Waals surface area contributed by atoms with E-state index < -0.39 is 11.6 Å². The number of phenols is 2. The summed E-state index contributed by atoms with van der Waals surface area (Å²) in [6.45, 7) is 0. The summed E-state index contributed by atoms with van der Waals surface area (Å²) in [6.07, 6.45) is 0. The van der Waals surface area contributed by atoms with Gasteiger partial charge in [0.15, 0.2) is 5.60 Å². The minimum Gasteiger partial charge on any atom is -0.508 e. The number of carbonyl (C=O) groups excluding carboxylic acids is 1. The van der Waals surface area contributed by atoms with E-state index in [1.807, 2.05) is 12.1 Å². The fourth-order valence-electron chi connectivity index (χ4n) is 3.65. The van der Waals surface area contributed by atoms with Gasteiger partial charge in [-0.2, -0.15) is 0 Å². The van der Waals surface area contributed by atoms with Crippen LogP contribution < -0.4 is 10.6 Å². The smallest absolute Gasteiger partial charge is 0.340 e. The van der Waals surface area contributed by atoms with Crippen LogP contribution in [0.5, 0.6) is 23.0 Å². The van der Waals surface area contributed by atoms with Crippen molar-refractivity contribution in [1.82, 2.24) is 0 Å². The van der Waals surface area contributed by atoms with E-state index >= 15 is 0 Å². The topological polar surface area (TPSA) is 122 Å². The van der Waals surface area contributed by atoms with Crippen LogP contribution in [-0.4, -0.2) is 21.4 Å². The zero-order chi connectivity index (χ0) is 19.2. The van der Waals surface area contributed by atoms with Crippen molar-refractivity contribution in [2.75, 3.05) is 0 Å². The molecule has 0 saturated carbocycles. The fourth-order valence-corrected chi connectivity index (χ4v) is 3.65. The number of fused-ring (bicyclic) bond motifs is 6. The molecule has 0 saturated heterocycles. The number of ether oxygens (including phenoxy) is 2. The van der Waals surface area contributed by atoms with Gasteiger partial charge < -0.3 is 24.9 Å². The first-order chi connectivity index (χ1) is 13.1. The minimum atomic E-state index is -1.17. The normalized spacial score (nSPS) is 14.8. The highest BCUT2D eigenvalue weighted by molar-refractivity contribution is 5.97. The van der Waals surface area contributed by atoms with E-state index in [1.54, 1.807) is 24.3 Å². The summed E-state index contributed by atoms with van der Waals surface area (Å²) in [5, 5.41) is 26.2. The summed E-state index contributed by atoms with van der Waals surface area (Å²) < 4.78 is 11.8. The monoisotopic (exact) mass is 365 g/mol.